The summed E-state index contributed by atoms with van der Waals surface area (Å²) in [6.45, 7) is 0. The Kier molecular flexibility index (Phi) is 2.84. The predicted octanol–water partition coefficient (Wildman–Crippen LogP) is 0.678. The van der Waals surface area contributed by atoms with E-state index in [9.17, 15) is 4.79 Å². The van der Waals surface area contributed by atoms with Gasteiger partial charge in [0.1, 0.15) is 5.69 Å². The molecular weight excluding hydrogens is 166 g/mol. The first-order valence-corrected chi connectivity index (χ1v) is 3.96. The van der Waals surface area contributed by atoms with Crippen molar-refractivity contribution in [2.75, 3.05) is 14.1 Å². The smallest absolute Gasteiger partial charge is 0.205 e. The van der Waals surface area contributed by atoms with E-state index < -0.39 is 0 Å². The molecule has 0 aliphatic heterocycles. The minimum absolute atomic E-state index is 0.0336. The number of allylic oxidation sites excluding steroid dienone is 1. The Morgan fingerprint density at radius 3 is 2.77 bits per heavy atom. The molecular formula is C9H13N3O. The molecule has 0 N–H and O–H groups in total. The van der Waals surface area contributed by atoms with Crippen LogP contribution in [0.4, 0.5) is 0 Å². The average molecular weight is 179 g/mol. The van der Waals surface area contributed by atoms with Crippen LogP contribution in [0.3, 0.4) is 0 Å². The van der Waals surface area contributed by atoms with Crippen LogP contribution in [-0.4, -0.2) is 34.3 Å². The van der Waals surface area contributed by atoms with Gasteiger partial charge in [0.2, 0.25) is 5.78 Å². The van der Waals surface area contributed by atoms with Gasteiger partial charge in [-0.15, -0.1) is 0 Å². The summed E-state index contributed by atoms with van der Waals surface area (Å²) in [5, 5.41) is 0. The first kappa shape index (κ1) is 9.51. The molecule has 4 heteroatoms. The van der Waals surface area contributed by atoms with E-state index in [1.807, 2.05) is 19.0 Å². The second kappa shape index (κ2) is 3.89. The molecule has 0 saturated carbocycles. The number of hydrogen-bond donors (Lipinski definition) is 0. The fraction of sp³-hybridized carbons (Fsp3) is 0.333. The average Bonchev–Trinajstić information content (AvgIpc) is 2.47. The molecule has 0 radical (unpaired) electrons. The maximum Gasteiger partial charge on any atom is 0.205 e. The van der Waals surface area contributed by atoms with E-state index in [0.717, 1.165) is 0 Å². The number of rotatable bonds is 3. The summed E-state index contributed by atoms with van der Waals surface area (Å²) >= 11 is 0. The molecule has 13 heavy (non-hydrogen) atoms. The number of hydrogen-bond acceptors (Lipinski definition) is 3. The largest absolute Gasteiger partial charge is 0.383 e. The van der Waals surface area contributed by atoms with Gasteiger partial charge >= 0.3 is 0 Å². The summed E-state index contributed by atoms with van der Waals surface area (Å²) in [6.07, 6.45) is 6.41. The van der Waals surface area contributed by atoms with Crippen LogP contribution in [-0.2, 0) is 7.05 Å². The zero-order chi connectivity index (χ0) is 9.84. The summed E-state index contributed by atoms with van der Waals surface area (Å²) in [5.41, 5.74) is 0.595. The van der Waals surface area contributed by atoms with Crippen LogP contribution in [0.5, 0.6) is 0 Å². The van der Waals surface area contributed by atoms with Gasteiger partial charge in [-0.1, -0.05) is 0 Å². The van der Waals surface area contributed by atoms with Crippen molar-refractivity contribution in [3.05, 3.63) is 30.5 Å². The highest BCUT2D eigenvalue weighted by Crippen LogP contribution is 1.98. The summed E-state index contributed by atoms with van der Waals surface area (Å²) in [5.74, 6) is -0.0336. The Morgan fingerprint density at radius 2 is 2.31 bits per heavy atom. The van der Waals surface area contributed by atoms with Gasteiger partial charge in [-0.25, -0.2) is 4.98 Å². The summed E-state index contributed by atoms with van der Waals surface area (Å²) in [6, 6.07) is 0. The van der Waals surface area contributed by atoms with Crippen LogP contribution < -0.4 is 0 Å². The first-order chi connectivity index (χ1) is 6.11. The van der Waals surface area contributed by atoms with Crippen LogP contribution in [0.25, 0.3) is 0 Å². The highest BCUT2D eigenvalue weighted by molar-refractivity contribution is 6.02. The quantitative estimate of drug-likeness (QED) is 0.506. The summed E-state index contributed by atoms with van der Waals surface area (Å²) < 4.78 is 1.70. The normalized spacial score (nSPS) is 10.7. The highest BCUT2D eigenvalue weighted by atomic mass is 16.1. The molecule has 0 bridgehead atoms. The SMILES string of the molecule is CN(C)/C=C/C(=O)c1cncn1C. The Morgan fingerprint density at radius 1 is 1.62 bits per heavy atom. The standard InChI is InChI=1S/C9H13N3O/c1-11(2)5-4-9(13)8-6-10-7-12(8)3/h4-7H,1-3H3/b5-4+. The Labute approximate surface area is 77.5 Å². The molecule has 0 atom stereocenters. The molecule has 1 rings (SSSR count). The van der Waals surface area contributed by atoms with Crippen molar-refractivity contribution in [3.8, 4) is 0 Å². The molecule has 0 amide bonds. The van der Waals surface area contributed by atoms with Crippen LogP contribution in [0, 0.1) is 0 Å². The topological polar surface area (TPSA) is 38.1 Å². The minimum Gasteiger partial charge on any atom is -0.383 e. The van der Waals surface area contributed by atoms with E-state index in [2.05, 4.69) is 4.98 Å². The van der Waals surface area contributed by atoms with Crippen LogP contribution in [0.15, 0.2) is 24.8 Å². The fourth-order valence-corrected chi connectivity index (χ4v) is 0.897. The van der Waals surface area contributed by atoms with Gasteiger partial charge in [0, 0.05) is 33.4 Å². The number of carbonyl (C=O) groups excluding carboxylic acids is 1. The van der Waals surface area contributed by atoms with Gasteiger partial charge in [-0.3, -0.25) is 4.79 Å². The first-order valence-electron chi connectivity index (χ1n) is 3.96. The lowest BCUT2D eigenvalue weighted by molar-refractivity contribution is 0.103. The van der Waals surface area contributed by atoms with Crippen molar-refractivity contribution in [2.24, 2.45) is 7.05 Å². The number of aryl methyl sites for hydroxylation is 1. The summed E-state index contributed by atoms with van der Waals surface area (Å²) in [7, 11) is 5.53. The Balaban J connectivity index is 2.75. The fourth-order valence-electron chi connectivity index (χ4n) is 0.897. The van der Waals surface area contributed by atoms with Gasteiger partial charge in [-0.2, -0.15) is 0 Å². The van der Waals surface area contributed by atoms with Crippen molar-refractivity contribution < 1.29 is 4.79 Å². The number of nitrogens with zero attached hydrogens (tertiary/aromatic N) is 3. The zero-order valence-electron chi connectivity index (χ0n) is 8.06. The molecule has 1 aromatic rings. The molecule has 0 aliphatic carbocycles. The van der Waals surface area contributed by atoms with E-state index in [4.69, 9.17) is 0 Å². The Hall–Kier alpha value is -1.58. The lowest BCUT2D eigenvalue weighted by atomic mass is 10.3. The molecule has 1 heterocycles. The van der Waals surface area contributed by atoms with Crippen LogP contribution in [0.2, 0.25) is 0 Å². The van der Waals surface area contributed by atoms with E-state index in [1.54, 1.807) is 30.3 Å². The molecule has 0 aliphatic rings. The predicted molar refractivity (Wildman–Crippen MR) is 50.4 cm³/mol. The van der Waals surface area contributed by atoms with Crippen molar-refractivity contribution in [3.63, 3.8) is 0 Å². The van der Waals surface area contributed by atoms with Gasteiger partial charge in [0.05, 0.1) is 12.5 Å². The second-order valence-electron chi connectivity index (χ2n) is 3.03. The van der Waals surface area contributed by atoms with Gasteiger partial charge in [0.15, 0.2) is 0 Å². The van der Waals surface area contributed by atoms with E-state index in [-0.39, 0.29) is 5.78 Å². The Bertz CT molecular complexity index is 325. The van der Waals surface area contributed by atoms with Crippen molar-refractivity contribution in [1.82, 2.24) is 14.5 Å². The number of aromatic nitrogens is 2. The van der Waals surface area contributed by atoms with E-state index >= 15 is 0 Å². The third-order valence-corrected chi connectivity index (χ3v) is 1.59. The lowest BCUT2D eigenvalue weighted by Gasteiger charge is -2.02. The number of ketones is 1. The number of carbonyl (C=O) groups is 1. The molecule has 1 aromatic heterocycles. The van der Waals surface area contributed by atoms with Crippen molar-refractivity contribution in [2.45, 2.75) is 0 Å². The van der Waals surface area contributed by atoms with Crippen LogP contribution >= 0.6 is 0 Å². The summed E-state index contributed by atoms with van der Waals surface area (Å²) in [4.78, 5) is 17.1. The molecule has 0 saturated heterocycles. The molecule has 0 unspecified atom stereocenters. The molecule has 4 nitrogen and oxygen atoms in total. The third-order valence-electron chi connectivity index (χ3n) is 1.59. The van der Waals surface area contributed by atoms with Gasteiger partial charge in [-0.05, 0) is 0 Å². The van der Waals surface area contributed by atoms with Crippen LogP contribution in [0.1, 0.15) is 10.5 Å². The second-order valence-corrected chi connectivity index (χ2v) is 3.03. The maximum absolute atomic E-state index is 11.5. The zero-order valence-corrected chi connectivity index (χ0v) is 8.06. The minimum atomic E-state index is -0.0336. The van der Waals surface area contributed by atoms with Gasteiger partial charge in [0.25, 0.3) is 0 Å². The maximum atomic E-state index is 11.5. The van der Waals surface area contributed by atoms with Crippen molar-refractivity contribution in [1.29, 1.82) is 0 Å². The third kappa shape index (κ3) is 2.43. The van der Waals surface area contributed by atoms with Gasteiger partial charge < -0.3 is 9.47 Å². The van der Waals surface area contributed by atoms with E-state index in [1.165, 1.54) is 6.08 Å². The van der Waals surface area contributed by atoms with Crippen molar-refractivity contribution >= 4 is 5.78 Å². The molecule has 70 valence electrons. The highest BCUT2D eigenvalue weighted by Gasteiger charge is 2.04. The molecule has 0 aromatic carbocycles. The molecule has 0 fully saturated rings. The number of imidazole rings is 1. The lowest BCUT2D eigenvalue weighted by Crippen LogP contribution is -2.05. The van der Waals surface area contributed by atoms with E-state index in [0.29, 0.717) is 5.69 Å². The molecule has 0 spiro atoms. The monoisotopic (exact) mass is 179 g/mol.